The third-order valence-corrected chi connectivity index (χ3v) is 17.7. The summed E-state index contributed by atoms with van der Waals surface area (Å²) in [5.74, 6) is 0.880. The van der Waals surface area contributed by atoms with Gasteiger partial charge in [0.15, 0.2) is 0 Å². The summed E-state index contributed by atoms with van der Waals surface area (Å²) >= 11 is 9.79. The van der Waals surface area contributed by atoms with E-state index >= 15 is 0 Å². The molecule has 0 amide bonds. The van der Waals surface area contributed by atoms with Crippen LogP contribution in [0.25, 0.3) is 0 Å². The number of hydrogen-bond acceptors (Lipinski definition) is 5. The number of anilines is 1. The first-order valence-electron chi connectivity index (χ1n) is 26.4. The van der Waals surface area contributed by atoms with Gasteiger partial charge < -0.3 is 5.32 Å². The number of hydrogen-bond donors (Lipinski definition) is 1. The number of nitrogens with zero attached hydrogens (tertiary/aromatic N) is 4. The van der Waals surface area contributed by atoms with E-state index in [1.165, 1.54) is 12.7 Å². The largest absolute Gasteiger partial charge is 0.372 e. The molecule has 0 aliphatic carbocycles. The second-order valence-corrected chi connectivity index (χ2v) is 24.0. The predicted octanol–water partition coefficient (Wildman–Crippen LogP) is -22.0. The molecule has 2 aromatic heterocycles. The molecule has 69 radical (unpaired) electrons. The van der Waals surface area contributed by atoms with E-state index in [1.54, 1.807) is 12.4 Å². The van der Waals surface area contributed by atoms with E-state index in [1.807, 2.05) is 7.05 Å². The molecule has 0 saturated carbocycles. The van der Waals surface area contributed by atoms with Gasteiger partial charge in [-0.2, -0.15) is 0 Å². The Kier molecular flexibility index (Phi) is 48.0. The van der Waals surface area contributed by atoms with Crippen LogP contribution in [0.15, 0.2) is 25.0 Å². The third-order valence-electron chi connectivity index (χ3n) is 15.5. The summed E-state index contributed by atoms with van der Waals surface area (Å²) in [5.41, 5.74) is 0. The van der Waals surface area contributed by atoms with Crippen molar-refractivity contribution in [3.05, 3.63) is 37.3 Å². The molecule has 0 aliphatic rings. The summed E-state index contributed by atoms with van der Waals surface area (Å²) in [5, 5.41) is 3.45. The lowest BCUT2D eigenvalue weighted by Crippen LogP contribution is -2.98. The first-order valence-corrected chi connectivity index (χ1v) is 28.9. The van der Waals surface area contributed by atoms with Crippen LogP contribution < -0.4 is 5.32 Å². The quantitative estimate of drug-likeness (QED) is 0.0438. The molecule has 75 heteroatoms. The first kappa shape index (κ1) is 91.1. The third kappa shape index (κ3) is 27.5. The highest BCUT2D eigenvalue weighted by molar-refractivity contribution is 14.1. The minimum atomic E-state index is -1.64. The van der Waals surface area contributed by atoms with Gasteiger partial charge in [-0.3, -0.25) is 0 Å². The molecule has 2 rings (SSSR count). The van der Waals surface area contributed by atoms with Gasteiger partial charge in [0.1, 0.15) is 23.6 Å². The average molecular weight is 1220 g/mol. The Labute approximate surface area is 607 Å². The molecule has 5 nitrogen and oxygen atoms in total. The van der Waals surface area contributed by atoms with Crippen LogP contribution in [0.4, 0.5) is 5.82 Å². The highest BCUT2D eigenvalue weighted by atomic mass is 127. The van der Waals surface area contributed by atoms with Gasteiger partial charge in [0.05, 0.1) is 7.14 Å². The van der Waals surface area contributed by atoms with Gasteiger partial charge in [-0.15, -0.1) is 0 Å². The molecule has 1 N–H and O–H groups in total. The van der Waals surface area contributed by atoms with Gasteiger partial charge in [0.2, 0.25) is 0 Å². The first-order chi connectivity index (χ1) is 38.6. The van der Waals surface area contributed by atoms with E-state index in [0.29, 0.717) is 5.15 Å². The van der Waals surface area contributed by atoms with Gasteiger partial charge in [-0.1, -0.05) is 19.0 Å². The van der Waals surface area contributed by atoms with E-state index < -0.39 is 204 Å². The maximum atomic E-state index is 7.06. The number of aromatic nitrogens is 4. The Balaban J connectivity index is 0. The zero-order chi connectivity index (χ0) is 65.9. The lowest BCUT2D eigenvalue weighted by molar-refractivity contribution is 1.14. The predicted molar refractivity (Wildman–Crippen MR) is 476 cm³/mol. The summed E-state index contributed by atoms with van der Waals surface area (Å²) in [7, 11) is 230. The van der Waals surface area contributed by atoms with Crippen LogP contribution in [0.1, 0.15) is 7.43 Å². The molecule has 0 saturated heterocycles. The van der Waals surface area contributed by atoms with Crippen molar-refractivity contribution in [1.29, 1.82) is 0 Å². The zero-order valence-electron chi connectivity index (χ0n) is 47.4. The minimum absolute atomic E-state index is 0. The van der Waals surface area contributed by atoms with Crippen molar-refractivity contribution in [3.8, 4) is 0 Å². The minimum Gasteiger partial charge on any atom is -0.372 e. The molecule has 0 atom stereocenters. The molecule has 2 heterocycles. The zero-order valence-corrected chi connectivity index (χ0v) is 52.5. The van der Waals surface area contributed by atoms with Gasteiger partial charge in [-0.25, -0.2) is 19.9 Å². The van der Waals surface area contributed by atoms with Gasteiger partial charge in [-0.05, 0) is 45.2 Å². The molecule has 0 fully saturated rings. The van der Waals surface area contributed by atoms with Crippen LogP contribution in [0.5, 0.6) is 0 Å². The second kappa shape index (κ2) is 44.8. The number of nitrogens with one attached hydrogen (secondary N) is 1. The Bertz CT molecular complexity index is 1860. The molecular formula is C10H12B67ClI2N5. The van der Waals surface area contributed by atoms with Crippen LogP contribution in [0.2, 0.25) is 5.15 Å². The van der Waals surface area contributed by atoms with E-state index in [0.717, 1.165) is 20.0 Å². The number of halogens is 3. The SMILES string of the molecule is C.CNc1ncncc1I.Clc1ncncc1I.[B][B]B([B])B(B(B([B])[B])B([B])[B])B(B(B([B])[B])B([B])[B])B(B(B(B([B])[B])B([B])[B])B(B([B])[B])B([B])[B])B(B(B(B([B])[B])B([B])[B])B(B([B])[B])B([B])[B])B(B(B([B])[B])B([B])[B])B(B([B])[B])B([B])[B]. The van der Waals surface area contributed by atoms with Crippen molar-refractivity contribution in [1.82, 2.24) is 19.9 Å². The second-order valence-electron chi connectivity index (χ2n) is 21.3. The summed E-state index contributed by atoms with van der Waals surface area (Å²) in [6, 6.07) is 0. The van der Waals surface area contributed by atoms with Crippen molar-refractivity contribution < 1.29 is 0 Å². The maximum Gasteiger partial charge on any atom is 0.145 e. The summed E-state index contributed by atoms with van der Waals surface area (Å²) in [6.45, 7) is 0. The molecule has 299 valence electrons. The molecule has 0 unspecified atom stereocenters. The van der Waals surface area contributed by atoms with Crippen molar-refractivity contribution in [2.75, 3.05) is 12.4 Å². The number of rotatable bonds is 33. The van der Waals surface area contributed by atoms with Gasteiger partial charge in [0, 0.05) is 494 Å². The molecule has 85 heavy (non-hydrogen) atoms. The fraction of sp³-hybridized carbons (Fsp3) is 0.200. The highest BCUT2D eigenvalue weighted by Gasteiger charge is 2.64. The van der Waals surface area contributed by atoms with Crippen molar-refractivity contribution in [3.63, 3.8) is 0 Å². The van der Waals surface area contributed by atoms with E-state index in [4.69, 9.17) is 275 Å². The van der Waals surface area contributed by atoms with Crippen molar-refractivity contribution >= 4 is 537 Å². The van der Waals surface area contributed by atoms with Crippen molar-refractivity contribution in [2.24, 2.45) is 0 Å². The lowest BCUT2D eigenvalue weighted by atomic mass is 8.22. The van der Waals surface area contributed by atoms with Crippen LogP contribution in [0, 0.1) is 7.14 Å². The Morgan fingerprint density at radius 1 is 0.329 bits per heavy atom. The normalized spacial score (nSPS) is 9.51. The molecular weight excluding hydrogens is 1200 g/mol. The maximum absolute atomic E-state index is 7.06. The van der Waals surface area contributed by atoms with Crippen LogP contribution in [0.3, 0.4) is 0 Å². The highest BCUT2D eigenvalue weighted by Crippen LogP contribution is 2.26. The van der Waals surface area contributed by atoms with E-state index in [9.17, 15) is 0 Å². The Morgan fingerprint density at radius 2 is 0.518 bits per heavy atom. The van der Waals surface area contributed by atoms with E-state index in [-0.39, 0.29) is 7.43 Å². The summed E-state index contributed by atoms with van der Waals surface area (Å²) in [4.78, 5) is 15.3. The lowest BCUT2D eigenvalue weighted by Gasteiger charge is -2.60. The van der Waals surface area contributed by atoms with Crippen molar-refractivity contribution in [2.45, 2.75) is 7.43 Å². The molecule has 0 spiro atoms. The topological polar surface area (TPSA) is 63.6 Å². The van der Waals surface area contributed by atoms with Crippen LogP contribution in [-0.2, 0) is 0 Å². The summed E-state index contributed by atoms with van der Waals surface area (Å²) < 4.78 is 1.92. The Hall–Kier alpha value is 4.06. The monoisotopic (exact) mass is 1230 g/mol. The summed E-state index contributed by atoms with van der Waals surface area (Å²) in [6.07, 6.45) is -41.6. The van der Waals surface area contributed by atoms with Crippen LogP contribution >= 0.6 is 56.8 Å². The average Bonchev–Trinajstić information content (AvgIpc) is 3.33. The fourth-order valence-corrected chi connectivity index (χ4v) is 13.4. The molecule has 2 aromatic rings. The standard InChI is InChI=1S/C5H6IN3.C4H2ClIN2.CH4.B67/c1-7-5-4(6)2-8-3-9-5;5-4-3(6)1-7-2-8-4;;1-35-52(34)61(53(36(2)3)37(4)5)65(60(50(30)31)51(32)33)67(64(58(46(22)23)47(24)25)59(48(26)27)49(28)29)66(62(54(38(6)7)39(8)9)55(40(10)11)41(12)13)63(56(42(14)15)43(16)17)57(44(18)19)45(20)21/h2-3H,1H3,(H,7,8,9);1-2H;1H4;. The smallest absolute Gasteiger partial charge is 0.145 e. The van der Waals surface area contributed by atoms with E-state index in [2.05, 4.69) is 70.4 Å². The molecule has 0 bridgehead atoms. The Morgan fingerprint density at radius 3 is 0.671 bits per heavy atom. The molecule has 0 aromatic carbocycles. The fourth-order valence-electron chi connectivity index (χ4n) is 12.5. The van der Waals surface area contributed by atoms with Gasteiger partial charge in [0.25, 0.3) is 0 Å². The molecule has 0 aliphatic heterocycles. The van der Waals surface area contributed by atoms with Crippen LogP contribution in [-0.4, -0.2) is 501 Å². The van der Waals surface area contributed by atoms with Gasteiger partial charge >= 0.3 is 0 Å².